The fourth-order valence-corrected chi connectivity index (χ4v) is 1.79. The van der Waals surface area contributed by atoms with Gasteiger partial charge in [0.2, 0.25) is 0 Å². The van der Waals surface area contributed by atoms with Gasteiger partial charge in [-0.1, -0.05) is 22.6 Å². The summed E-state index contributed by atoms with van der Waals surface area (Å²) < 4.78 is 47.2. The van der Waals surface area contributed by atoms with E-state index in [-0.39, 0.29) is 19.6 Å². The molecule has 0 aromatic rings. The Kier molecular flexibility index (Phi) is 8.30. The van der Waals surface area contributed by atoms with Crippen LogP contribution in [0, 0.1) is 0 Å². The van der Waals surface area contributed by atoms with Gasteiger partial charge in [-0.15, -0.1) is 0 Å². The largest absolute Gasteiger partial charge is 0.444 e. The van der Waals surface area contributed by atoms with Crippen LogP contribution in [-0.2, 0) is 9.47 Å². The molecule has 0 aliphatic heterocycles. The summed E-state index contributed by atoms with van der Waals surface area (Å²) >= 11 is 2.07. The molecule has 1 amide bonds. The third-order valence-electron chi connectivity index (χ3n) is 2.34. The quantitative estimate of drug-likeness (QED) is 0.380. The first-order chi connectivity index (χ1) is 9.37. The lowest BCUT2D eigenvalue weighted by Crippen LogP contribution is -2.45. The van der Waals surface area contributed by atoms with Gasteiger partial charge in [-0.3, -0.25) is 0 Å². The minimum absolute atomic E-state index is 0.00495. The number of nitrogens with one attached hydrogen (secondary N) is 1. The van der Waals surface area contributed by atoms with E-state index in [2.05, 4.69) is 27.9 Å². The first kappa shape index (κ1) is 20.8. The predicted molar refractivity (Wildman–Crippen MR) is 82.8 cm³/mol. The summed E-state index contributed by atoms with van der Waals surface area (Å²) in [5.41, 5.74) is -1.32. The summed E-state index contributed by atoms with van der Waals surface area (Å²) in [6.07, 6.45) is -5.71. The van der Waals surface area contributed by atoms with Crippen LogP contribution in [-0.4, -0.2) is 41.1 Å². The lowest BCUT2D eigenvalue weighted by atomic mass is 10.1. The predicted octanol–water partition coefficient (Wildman–Crippen LogP) is 4.06. The Morgan fingerprint density at radius 1 is 1.19 bits per heavy atom. The first-order valence-electron chi connectivity index (χ1n) is 6.60. The van der Waals surface area contributed by atoms with Crippen molar-refractivity contribution in [1.82, 2.24) is 5.32 Å². The Bertz CT molecular complexity index is 332. The van der Waals surface area contributed by atoms with Gasteiger partial charge in [0.25, 0.3) is 0 Å². The molecule has 4 nitrogen and oxygen atoms in total. The molecule has 0 saturated heterocycles. The van der Waals surface area contributed by atoms with E-state index >= 15 is 0 Å². The zero-order chi connectivity index (χ0) is 16.7. The summed E-state index contributed by atoms with van der Waals surface area (Å²) in [7, 11) is 0. The molecule has 1 unspecified atom stereocenters. The van der Waals surface area contributed by atoms with Crippen LogP contribution in [0.15, 0.2) is 0 Å². The van der Waals surface area contributed by atoms with E-state index in [0.29, 0.717) is 4.43 Å². The fraction of sp³-hybridized carbons (Fsp3) is 0.923. The van der Waals surface area contributed by atoms with E-state index in [4.69, 9.17) is 9.47 Å². The number of carbonyl (C=O) groups excluding carboxylic acids is 1. The van der Waals surface area contributed by atoms with Crippen molar-refractivity contribution in [1.29, 1.82) is 0 Å². The molecule has 0 aromatic carbocycles. The van der Waals surface area contributed by atoms with Crippen molar-refractivity contribution in [3.8, 4) is 0 Å². The normalized spacial score (nSPS) is 15.4. The van der Waals surface area contributed by atoms with Crippen LogP contribution < -0.4 is 5.32 Å². The number of hydrogen-bond donors (Lipinski definition) is 1. The van der Waals surface area contributed by atoms with Crippen LogP contribution in [0.3, 0.4) is 0 Å². The second-order valence-corrected chi connectivity index (χ2v) is 6.77. The van der Waals surface area contributed by atoms with Crippen molar-refractivity contribution in [2.75, 3.05) is 17.6 Å². The average molecular weight is 425 g/mol. The molecule has 0 radical (unpaired) electrons. The molecule has 1 N–H and O–H groups in total. The third kappa shape index (κ3) is 12.0. The lowest BCUT2D eigenvalue weighted by molar-refractivity contribution is -0.140. The van der Waals surface area contributed by atoms with Gasteiger partial charge >= 0.3 is 12.3 Å². The van der Waals surface area contributed by atoms with Gasteiger partial charge in [-0.05, 0) is 34.1 Å². The van der Waals surface area contributed by atoms with E-state index < -0.39 is 29.9 Å². The standard InChI is InChI=1S/C13H23F3INO3/c1-11(2,3)21-10(19)18-9-12(4,8-17)20-7-5-6-13(14,15)16/h5-9H2,1-4H3,(H,18,19). The van der Waals surface area contributed by atoms with Gasteiger partial charge in [-0.2, -0.15) is 13.2 Å². The van der Waals surface area contributed by atoms with Gasteiger partial charge in [-0.25, -0.2) is 4.79 Å². The van der Waals surface area contributed by atoms with Crippen LogP contribution >= 0.6 is 22.6 Å². The van der Waals surface area contributed by atoms with Crippen LogP contribution in [0.5, 0.6) is 0 Å². The lowest BCUT2D eigenvalue weighted by Gasteiger charge is -2.29. The van der Waals surface area contributed by atoms with E-state index in [9.17, 15) is 18.0 Å². The van der Waals surface area contributed by atoms with Crippen molar-refractivity contribution >= 4 is 28.7 Å². The molecule has 1 atom stereocenters. The molecule has 126 valence electrons. The summed E-state index contributed by atoms with van der Waals surface area (Å²) in [6, 6.07) is 0. The molecule has 8 heteroatoms. The summed E-state index contributed by atoms with van der Waals surface area (Å²) in [5.74, 6) is 0. The van der Waals surface area contributed by atoms with Crippen molar-refractivity contribution in [2.24, 2.45) is 0 Å². The van der Waals surface area contributed by atoms with Gasteiger partial charge in [0.15, 0.2) is 0 Å². The van der Waals surface area contributed by atoms with E-state index in [0.717, 1.165) is 0 Å². The molecule has 0 saturated carbocycles. The highest BCUT2D eigenvalue weighted by atomic mass is 127. The summed E-state index contributed by atoms with van der Waals surface area (Å²) in [5, 5.41) is 2.57. The molecule has 0 aromatic heterocycles. The highest BCUT2D eigenvalue weighted by molar-refractivity contribution is 14.1. The van der Waals surface area contributed by atoms with Crippen LogP contribution in [0.25, 0.3) is 0 Å². The molecule has 21 heavy (non-hydrogen) atoms. The minimum atomic E-state index is -4.17. The zero-order valence-electron chi connectivity index (χ0n) is 12.8. The van der Waals surface area contributed by atoms with Gasteiger partial charge in [0.05, 0.1) is 12.1 Å². The molecule has 0 bridgehead atoms. The van der Waals surface area contributed by atoms with Crippen LogP contribution in [0.2, 0.25) is 0 Å². The Hall–Kier alpha value is -0.250. The number of alkyl carbamates (subject to hydrolysis) is 1. The van der Waals surface area contributed by atoms with Crippen LogP contribution in [0.1, 0.15) is 40.5 Å². The zero-order valence-corrected chi connectivity index (χ0v) is 14.9. The second-order valence-electron chi connectivity index (χ2n) is 6.01. The Labute approximate surface area is 137 Å². The van der Waals surface area contributed by atoms with Crippen molar-refractivity contribution in [3.05, 3.63) is 0 Å². The molecule has 0 spiro atoms. The Balaban J connectivity index is 4.13. The summed E-state index contributed by atoms with van der Waals surface area (Å²) in [4.78, 5) is 11.5. The fourth-order valence-electron chi connectivity index (χ4n) is 1.30. The number of rotatable bonds is 7. The van der Waals surface area contributed by atoms with Crippen molar-refractivity contribution in [3.63, 3.8) is 0 Å². The first-order valence-corrected chi connectivity index (χ1v) is 8.13. The second kappa shape index (κ2) is 8.40. The highest BCUT2D eigenvalue weighted by Gasteiger charge is 2.29. The number of hydrogen-bond acceptors (Lipinski definition) is 3. The van der Waals surface area contributed by atoms with Crippen LogP contribution in [0.4, 0.5) is 18.0 Å². The molecular weight excluding hydrogens is 402 g/mol. The Morgan fingerprint density at radius 3 is 2.19 bits per heavy atom. The smallest absolute Gasteiger partial charge is 0.407 e. The number of amides is 1. The molecule has 0 rings (SSSR count). The average Bonchev–Trinajstić information content (AvgIpc) is 2.29. The molecule has 0 aliphatic rings. The summed E-state index contributed by atoms with van der Waals surface area (Å²) in [6.45, 7) is 7.16. The number of carbonyl (C=O) groups is 1. The number of halogens is 4. The maximum absolute atomic E-state index is 12.0. The van der Waals surface area contributed by atoms with E-state index in [1.807, 2.05) is 0 Å². The van der Waals surface area contributed by atoms with Crippen molar-refractivity contribution in [2.45, 2.75) is 57.9 Å². The topological polar surface area (TPSA) is 47.6 Å². The molecule has 0 heterocycles. The van der Waals surface area contributed by atoms with E-state index in [1.54, 1.807) is 27.7 Å². The maximum Gasteiger partial charge on any atom is 0.407 e. The van der Waals surface area contributed by atoms with Gasteiger partial charge in [0, 0.05) is 17.5 Å². The minimum Gasteiger partial charge on any atom is -0.444 e. The molecule has 0 fully saturated rings. The SMILES string of the molecule is CC(C)(C)OC(=O)NCC(C)(CI)OCCCC(F)(F)F. The van der Waals surface area contributed by atoms with Crippen molar-refractivity contribution < 1.29 is 27.4 Å². The molecular formula is C13H23F3INO3. The monoisotopic (exact) mass is 425 g/mol. The van der Waals surface area contributed by atoms with Gasteiger partial charge < -0.3 is 14.8 Å². The Morgan fingerprint density at radius 2 is 1.76 bits per heavy atom. The highest BCUT2D eigenvalue weighted by Crippen LogP contribution is 2.22. The van der Waals surface area contributed by atoms with Gasteiger partial charge in [0.1, 0.15) is 5.60 Å². The number of ether oxygens (including phenoxy) is 2. The molecule has 0 aliphatic carbocycles. The maximum atomic E-state index is 12.0. The van der Waals surface area contributed by atoms with E-state index in [1.165, 1.54) is 0 Å². The number of alkyl halides is 4. The third-order valence-corrected chi connectivity index (χ3v) is 3.96.